The predicted molar refractivity (Wildman–Crippen MR) is 83.2 cm³/mol. The molecule has 0 radical (unpaired) electrons. The first-order valence-corrected chi connectivity index (χ1v) is 6.91. The minimum atomic E-state index is -1.06. The number of ether oxygens (including phenoxy) is 1. The highest BCUT2D eigenvalue weighted by Crippen LogP contribution is 2.28. The number of carbonyl (C=O) groups excluding carboxylic acids is 1. The smallest absolute Gasteiger partial charge is 0.311 e. The molecule has 2 aromatic rings. The number of nitro groups is 1. The number of rotatable bonds is 5. The number of hydrogen-bond donors (Lipinski definition) is 1. The predicted octanol–water partition coefficient (Wildman–Crippen LogP) is 3.79. The van der Waals surface area contributed by atoms with Crippen molar-refractivity contribution in [3.8, 4) is 5.75 Å². The van der Waals surface area contributed by atoms with Gasteiger partial charge in [0.15, 0.2) is 6.10 Å². The molecule has 120 valence electrons. The van der Waals surface area contributed by atoms with Crippen molar-refractivity contribution in [2.45, 2.75) is 13.0 Å². The van der Waals surface area contributed by atoms with E-state index in [1.54, 1.807) is 24.3 Å². The minimum Gasteiger partial charge on any atom is -0.474 e. The van der Waals surface area contributed by atoms with Crippen LogP contribution in [-0.2, 0) is 4.79 Å². The molecule has 1 amide bonds. The van der Waals surface area contributed by atoms with Crippen molar-refractivity contribution in [2.75, 3.05) is 5.32 Å². The largest absolute Gasteiger partial charge is 0.474 e. The molecule has 0 spiro atoms. The summed E-state index contributed by atoms with van der Waals surface area (Å²) in [6.45, 7) is 1.40. The highest BCUT2D eigenvalue weighted by atomic mass is 35.5. The van der Waals surface area contributed by atoms with Crippen LogP contribution < -0.4 is 10.1 Å². The molecule has 0 fully saturated rings. The van der Waals surface area contributed by atoms with E-state index in [4.69, 9.17) is 16.3 Å². The van der Waals surface area contributed by atoms with Crippen molar-refractivity contribution in [1.82, 2.24) is 0 Å². The molecule has 0 aliphatic carbocycles. The van der Waals surface area contributed by atoms with Gasteiger partial charge in [-0.3, -0.25) is 14.9 Å². The zero-order valence-electron chi connectivity index (χ0n) is 12.0. The SMILES string of the molecule is C[C@H](Oc1cc(F)ccc1[N+](=O)[O-])C(=O)Nc1ccc(Cl)cc1. The van der Waals surface area contributed by atoms with Crippen molar-refractivity contribution in [3.05, 3.63) is 63.4 Å². The summed E-state index contributed by atoms with van der Waals surface area (Å²) in [5.74, 6) is -1.55. The Bertz CT molecular complexity index is 737. The third-order valence-electron chi connectivity index (χ3n) is 2.90. The van der Waals surface area contributed by atoms with E-state index < -0.39 is 28.4 Å². The number of hydrogen-bond acceptors (Lipinski definition) is 4. The standard InChI is InChI=1S/C15H12ClFN2O4/c1-9(15(20)18-12-5-2-10(16)3-6-12)23-14-8-11(17)4-7-13(14)19(21)22/h2-9H,1H3,(H,18,20)/t9-/m0/s1. The number of nitrogens with one attached hydrogen (secondary N) is 1. The van der Waals surface area contributed by atoms with Gasteiger partial charge in [-0.2, -0.15) is 0 Å². The Morgan fingerprint density at radius 2 is 1.96 bits per heavy atom. The summed E-state index contributed by atoms with van der Waals surface area (Å²) in [6.07, 6.45) is -1.06. The summed E-state index contributed by atoms with van der Waals surface area (Å²) in [5.41, 5.74) is 0.0705. The second-order valence-electron chi connectivity index (χ2n) is 4.63. The quantitative estimate of drug-likeness (QED) is 0.664. The van der Waals surface area contributed by atoms with Gasteiger partial charge in [0.1, 0.15) is 5.82 Å². The van der Waals surface area contributed by atoms with Crippen LogP contribution in [0.15, 0.2) is 42.5 Å². The Morgan fingerprint density at radius 3 is 2.57 bits per heavy atom. The van der Waals surface area contributed by atoms with Gasteiger partial charge >= 0.3 is 5.69 Å². The Hall–Kier alpha value is -2.67. The zero-order valence-corrected chi connectivity index (χ0v) is 12.7. The zero-order chi connectivity index (χ0) is 17.0. The van der Waals surface area contributed by atoms with Crippen molar-refractivity contribution in [1.29, 1.82) is 0 Å². The van der Waals surface area contributed by atoms with Crippen LogP contribution in [0.3, 0.4) is 0 Å². The van der Waals surface area contributed by atoms with Crippen LogP contribution in [0.1, 0.15) is 6.92 Å². The molecule has 0 heterocycles. The second-order valence-corrected chi connectivity index (χ2v) is 5.06. The van der Waals surface area contributed by atoms with Gasteiger partial charge in [-0.05, 0) is 37.3 Å². The van der Waals surface area contributed by atoms with Crippen molar-refractivity contribution in [2.24, 2.45) is 0 Å². The van der Waals surface area contributed by atoms with Crippen LogP contribution in [0.5, 0.6) is 5.75 Å². The van der Waals surface area contributed by atoms with Gasteiger partial charge in [0.2, 0.25) is 5.75 Å². The topological polar surface area (TPSA) is 81.5 Å². The summed E-state index contributed by atoms with van der Waals surface area (Å²) < 4.78 is 18.5. The van der Waals surface area contributed by atoms with Gasteiger partial charge in [-0.1, -0.05) is 11.6 Å². The molecule has 2 aromatic carbocycles. The summed E-state index contributed by atoms with van der Waals surface area (Å²) in [7, 11) is 0. The highest BCUT2D eigenvalue weighted by Gasteiger charge is 2.22. The molecule has 2 rings (SSSR count). The number of nitrogens with zero attached hydrogens (tertiary/aromatic N) is 1. The van der Waals surface area contributed by atoms with Crippen LogP contribution in [0.2, 0.25) is 5.02 Å². The summed E-state index contributed by atoms with van der Waals surface area (Å²) in [6, 6.07) is 9.18. The van der Waals surface area contributed by atoms with Crippen molar-refractivity contribution in [3.63, 3.8) is 0 Å². The molecule has 8 heteroatoms. The normalized spacial score (nSPS) is 11.6. The maximum Gasteiger partial charge on any atom is 0.311 e. The molecule has 0 aliphatic heterocycles. The third-order valence-corrected chi connectivity index (χ3v) is 3.16. The average Bonchev–Trinajstić information content (AvgIpc) is 2.49. The molecular weight excluding hydrogens is 327 g/mol. The molecule has 6 nitrogen and oxygen atoms in total. The average molecular weight is 339 g/mol. The van der Waals surface area contributed by atoms with Crippen LogP contribution in [0.25, 0.3) is 0 Å². The van der Waals surface area contributed by atoms with E-state index in [0.29, 0.717) is 10.7 Å². The van der Waals surface area contributed by atoms with Crippen molar-refractivity contribution < 1.29 is 18.8 Å². The number of nitro benzene ring substituents is 1. The molecule has 0 bridgehead atoms. The van der Waals surface area contributed by atoms with Crippen LogP contribution in [-0.4, -0.2) is 16.9 Å². The van der Waals surface area contributed by atoms with Gasteiger partial charge < -0.3 is 10.1 Å². The molecule has 1 atom stereocenters. The fourth-order valence-electron chi connectivity index (χ4n) is 1.75. The van der Waals surface area contributed by atoms with Crippen LogP contribution >= 0.6 is 11.6 Å². The van der Waals surface area contributed by atoms with E-state index >= 15 is 0 Å². The summed E-state index contributed by atoms with van der Waals surface area (Å²) in [5, 5.41) is 14.0. The number of halogens is 2. The lowest BCUT2D eigenvalue weighted by Crippen LogP contribution is -2.30. The lowest BCUT2D eigenvalue weighted by Gasteiger charge is -2.14. The Kier molecular flexibility index (Phi) is 5.13. The minimum absolute atomic E-state index is 0.311. The molecular formula is C15H12ClFN2O4. The lowest BCUT2D eigenvalue weighted by molar-refractivity contribution is -0.386. The first-order chi connectivity index (χ1) is 10.9. The van der Waals surface area contributed by atoms with E-state index in [1.807, 2.05) is 0 Å². The molecule has 0 unspecified atom stereocenters. The fourth-order valence-corrected chi connectivity index (χ4v) is 1.88. The van der Waals surface area contributed by atoms with E-state index in [1.165, 1.54) is 6.92 Å². The number of amides is 1. The third kappa shape index (κ3) is 4.40. The van der Waals surface area contributed by atoms with E-state index in [0.717, 1.165) is 18.2 Å². The van der Waals surface area contributed by atoms with Gasteiger partial charge in [-0.15, -0.1) is 0 Å². The summed E-state index contributed by atoms with van der Waals surface area (Å²) >= 11 is 5.74. The number of carbonyl (C=O) groups is 1. The van der Waals surface area contributed by atoms with Gasteiger partial charge in [0.05, 0.1) is 4.92 Å². The van der Waals surface area contributed by atoms with Gasteiger partial charge in [0.25, 0.3) is 5.91 Å². The van der Waals surface area contributed by atoms with Gasteiger partial charge in [-0.25, -0.2) is 4.39 Å². The Morgan fingerprint density at radius 1 is 1.30 bits per heavy atom. The molecule has 0 aromatic heterocycles. The molecule has 0 aliphatic rings. The Balaban J connectivity index is 2.10. The maximum atomic E-state index is 13.2. The highest BCUT2D eigenvalue weighted by molar-refractivity contribution is 6.30. The molecule has 23 heavy (non-hydrogen) atoms. The first kappa shape index (κ1) is 16.7. The van der Waals surface area contributed by atoms with Crippen LogP contribution in [0, 0.1) is 15.9 Å². The maximum absolute atomic E-state index is 13.2. The monoisotopic (exact) mass is 338 g/mol. The fraction of sp³-hybridized carbons (Fsp3) is 0.133. The second kappa shape index (κ2) is 7.06. The van der Waals surface area contributed by atoms with Gasteiger partial charge in [0, 0.05) is 22.8 Å². The number of anilines is 1. The number of benzene rings is 2. The van der Waals surface area contributed by atoms with Crippen LogP contribution in [0.4, 0.5) is 15.8 Å². The lowest BCUT2D eigenvalue weighted by atomic mass is 10.2. The van der Waals surface area contributed by atoms with E-state index in [2.05, 4.69) is 5.32 Å². The summed E-state index contributed by atoms with van der Waals surface area (Å²) in [4.78, 5) is 22.2. The van der Waals surface area contributed by atoms with E-state index in [9.17, 15) is 19.3 Å². The van der Waals surface area contributed by atoms with E-state index in [-0.39, 0.29) is 5.75 Å². The molecule has 1 N–H and O–H groups in total. The Labute approximate surface area is 136 Å². The first-order valence-electron chi connectivity index (χ1n) is 6.54. The van der Waals surface area contributed by atoms with Crippen molar-refractivity contribution >= 4 is 28.9 Å². The molecule has 0 saturated heterocycles. The molecule has 0 saturated carbocycles.